The van der Waals surface area contributed by atoms with Crippen LogP contribution in [0.1, 0.15) is 11.4 Å². The van der Waals surface area contributed by atoms with Crippen LogP contribution in [-0.4, -0.2) is 27.4 Å². The van der Waals surface area contributed by atoms with Gasteiger partial charge < -0.3 is 10.6 Å². The molecule has 2 aromatic heterocycles. The van der Waals surface area contributed by atoms with Crippen LogP contribution in [0.3, 0.4) is 0 Å². The number of pyridine rings is 1. The van der Waals surface area contributed by atoms with E-state index in [1.165, 1.54) is 0 Å². The molecule has 0 saturated heterocycles. The second-order valence-corrected chi connectivity index (χ2v) is 4.30. The maximum Gasteiger partial charge on any atom is 0.244 e. The van der Waals surface area contributed by atoms with E-state index in [4.69, 9.17) is 5.26 Å². The van der Waals surface area contributed by atoms with Crippen LogP contribution in [-0.2, 0) is 4.79 Å². The number of aryl methyl sites for hydroxylation is 1. The van der Waals surface area contributed by atoms with Crippen molar-refractivity contribution < 1.29 is 4.79 Å². The van der Waals surface area contributed by atoms with Crippen LogP contribution in [0.2, 0.25) is 0 Å². The fourth-order valence-electron chi connectivity index (χ4n) is 1.97. The number of nitriles is 1. The van der Waals surface area contributed by atoms with E-state index in [9.17, 15) is 4.79 Å². The van der Waals surface area contributed by atoms with E-state index >= 15 is 0 Å². The molecule has 0 fully saturated rings. The highest BCUT2D eigenvalue weighted by molar-refractivity contribution is 5.98. The largest absolute Gasteiger partial charge is 0.358 e. The van der Waals surface area contributed by atoms with E-state index in [-0.39, 0.29) is 12.5 Å². The standard InChI is InChI=1S/C13H10N6O/c1-7-9(3-2-8(4-14)17-7)10-5-15-13-12(18-10)16-6-11(20)19-13/h2-3,5H,6H2,1H3,(H,16,18)(H,15,19,20). The Hall–Kier alpha value is -3.01. The van der Waals surface area contributed by atoms with Gasteiger partial charge in [0.25, 0.3) is 0 Å². The molecule has 0 spiro atoms. The van der Waals surface area contributed by atoms with Gasteiger partial charge in [-0.25, -0.2) is 15.0 Å². The number of aromatic nitrogens is 3. The highest BCUT2D eigenvalue weighted by atomic mass is 16.2. The molecular formula is C13H10N6O. The number of nitrogens with zero attached hydrogens (tertiary/aromatic N) is 4. The lowest BCUT2D eigenvalue weighted by molar-refractivity contribution is -0.114. The zero-order chi connectivity index (χ0) is 14.1. The third-order valence-corrected chi connectivity index (χ3v) is 2.92. The molecule has 20 heavy (non-hydrogen) atoms. The Kier molecular flexibility index (Phi) is 2.76. The summed E-state index contributed by atoms with van der Waals surface area (Å²) in [4.78, 5) is 24.0. The number of amides is 1. The predicted octanol–water partition coefficient (Wildman–Crippen LogP) is 1.08. The molecule has 0 atom stereocenters. The van der Waals surface area contributed by atoms with Gasteiger partial charge in [-0.1, -0.05) is 0 Å². The molecular weight excluding hydrogens is 256 g/mol. The van der Waals surface area contributed by atoms with Crippen LogP contribution in [0.15, 0.2) is 18.3 Å². The Labute approximate surface area is 114 Å². The SMILES string of the molecule is Cc1nc(C#N)ccc1-c1cnc2c(n1)NCC(=O)N2. The van der Waals surface area contributed by atoms with Crippen LogP contribution < -0.4 is 10.6 Å². The molecule has 3 rings (SSSR count). The van der Waals surface area contributed by atoms with Crippen molar-refractivity contribution in [2.75, 3.05) is 17.2 Å². The van der Waals surface area contributed by atoms with E-state index in [1.807, 2.05) is 13.0 Å². The van der Waals surface area contributed by atoms with Gasteiger partial charge in [0.1, 0.15) is 11.8 Å². The molecule has 1 amide bonds. The number of anilines is 2. The Balaban J connectivity index is 2.04. The smallest absolute Gasteiger partial charge is 0.244 e. The lowest BCUT2D eigenvalue weighted by Gasteiger charge is -2.17. The summed E-state index contributed by atoms with van der Waals surface area (Å²) in [6, 6.07) is 5.42. The van der Waals surface area contributed by atoms with E-state index in [1.54, 1.807) is 18.3 Å². The summed E-state index contributed by atoms with van der Waals surface area (Å²) in [5.41, 5.74) is 2.51. The zero-order valence-corrected chi connectivity index (χ0v) is 10.6. The van der Waals surface area contributed by atoms with Crippen molar-refractivity contribution >= 4 is 17.5 Å². The highest BCUT2D eigenvalue weighted by Gasteiger charge is 2.18. The van der Waals surface area contributed by atoms with Crippen molar-refractivity contribution in [1.29, 1.82) is 5.26 Å². The van der Waals surface area contributed by atoms with Gasteiger partial charge in [-0.05, 0) is 19.1 Å². The first kappa shape index (κ1) is 12.0. The number of carbonyl (C=O) groups is 1. The van der Waals surface area contributed by atoms with E-state index in [0.717, 1.165) is 5.56 Å². The van der Waals surface area contributed by atoms with Crippen molar-refractivity contribution in [3.8, 4) is 17.3 Å². The molecule has 0 radical (unpaired) electrons. The van der Waals surface area contributed by atoms with Gasteiger partial charge in [0.2, 0.25) is 5.91 Å². The maximum atomic E-state index is 11.2. The Morgan fingerprint density at radius 1 is 1.30 bits per heavy atom. The Morgan fingerprint density at radius 3 is 2.90 bits per heavy atom. The molecule has 1 aliphatic heterocycles. The normalized spacial score (nSPS) is 12.9. The van der Waals surface area contributed by atoms with E-state index in [0.29, 0.717) is 28.7 Å². The first-order valence-corrected chi connectivity index (χ1v) is 5.96. The number of hydrogen-bond donors (Lipinski definition) is 2. The number of hydrogen-bond acceptors (Lipinski definition) is 6. The highest BCUT2D eigenvalue weighted by Crippen LogP contribution is 2.25. The first-order valence-electron chi connectivity index (χ1n) is 5.96. The summed E-state index contributed by atoms with van der Waals surface area (Å²) in [5.74, 6) is 0.811. The molecule has 0 bridgehead atoms. The minimum atomic E-state index is -0.143. The Morgan fingerprint density at radius 2 is 2.15 bits per heavy atom. The van der Waals surface area contributed by atoms with Crippen LogP contribution >= 0.6 is 0 Å². The predicted molar refractivity (Wildman–Crippen MR) is 71.8 cm³/mol. The molecule has 0 aliphatic carbocycles. The lowest BCUT2D eigenvalue weighted by atomic mass is 10.1. The van der Waals surface area contributed by atoms with Crippen molar-refractivity contribution in [1.82, 2.24) is 15.0 Å². The first-order chi connectivity index (χ1) is 9.67. The van der Waals surface area contributed by atoms with Crippen LogP contribution in [0, 0.1) is 18.3 Å². The summed E-state index contributed by atoms with van der Waals surface area (Å²) in [7, 11) is 0. The molecule has 0 unspecified atom stereocenters. The summed E-state index contributed by atoms with van der Waals surface area (Å²) < 4.78 is 0. The van der Waals surface area contributed by atoms with Crippen LogP contribution in [0.25, 0.3) is 11.3 Å². The van der Waals surface area contributed by atoms with Gasteiger partial charge in [-0.3, -0.25) is 4.79 Å². The topological polar surface area (TPSA) is 104 Å². The number of fused-ring (bicyclic) bond motifs is 1. The van der Waals surface area contributed by atoms with Crippen molar-refractivity contribution in [2.24, 2.45) is 0 Å². The van der Waals surface area contributed by atoms with Gasteiger partial charge in [0, 0.05) is 11.3 Å². The number of rotatable bonds is 1. The third-order valence-electron chi connectivity index (χ3n) is 2.92. The van der Waals surface area contributed by atoms with Gasteiger partial charge >= 0.3 is 0 Å². The van der Waals surface area contributed by atoms with Gasteiger partial charge in [0.15, 0.2) is 11.6 Å². The van der Waals surface area contributed by atoms with Crippen LogP contribution in [0.5, 0.6) is 0 Å². The average Bonchev–Trinajstić information content (AvgIpc) is 2.46. The minimum absolute atomic E-state index is 0.143. The monoisotopic (exact) mass is 266 g/mol. The molecule has 3 heterocycles. The van der Waals surface area contributed by atoms with Crippen molar-refractivity contribution in [3.05, 3.63) is 29.7 Å². The number of carbonyl (C=O) groups excluding carboxylic acids is 1. The summed E-state index contributed by atoms with van der Waals surface area (Å²) in [5, 5.41) is 14.4. The summed E-state index contributed by atoms with van der Waals surface area (Å²) >= 11 is 0. The second kappa shape index (κ2) is 4.59. The van der Waals surface area contributed by atoms with Gasteiger partial charge in [-0.15, -0.1) is 0 Å². The lowest BCUT2D eigenvalue weighted by Crippen LogP contribution is -2.28. The molecule has 2 aromatic rings. The maximum absolute atomic E-state index is 11.2. The molecule has 7 nitrogen and oxygen atoms in total. The molecule has 2 N–H and O–H groups in total. The Bertz CT molecular complexity index is 749. The van der Waals surface area contributed by atoms with E-state index < -0.39 is 0 Å². The molecule has 0 saturated carbocycles. The molecule has 1 aliphatic rings. The van der Waals surface area contributed by atoms with Crippen LogP contribution in [0.4, 0.5) is 11.6 Å². The average molecular weight is 266 g/mol. The quantitative estimate of drug-likeness (QED) is 0.800. The minimum Gasteiger partial charge on any atom is -0.358 e. The van der Waals surface area contributed by atoms with Gasteiger partial charge in [0.05, 0.1) is 18.4 Å². The molecule has 7 heteroatoms. The molecule has 98 valence electrons. The van der Waals surface area contributed by atoms with Crippen molar-refractivity contribution in [2.45, 2.75) is 6.92 Å². The third kappa shape index (κ3) is 2.03. The van der Waals surface area contributed by atoms with Gasteiger partial charge in [-0.2, -0.15) is 5.26 Å². The summed E-state index contributed by atoms with van der Waals surface area (Å²) in [6.45, 7) is 1.99. The number of nitrogens with one attached hydrogen (secondary N) is 2. The van der Waals surface area contributed by atoms with Crippen molar-refractivity contribution in [3.63, 3.8) is 0 Å². The second-order valence-electron chi connectivity index (χ2n) is 4.30. The zero-order valence-electron chi connectivity index (χ0n) is 10.6. The fraction of sp³-hybridized carbons (Fsp3) is 0.154. The molecule has 0 aromatic carbocycles. The summed E-state index contributed by atoms with van der Waals surface area (Å²) in [6.07, 6.45) is 1.57. The fourth-order valence-corrected chi connectivity index (χ4v) is 1.97. The van der Waals surface area contributed by atoms with E-state index in [2.05, 4.69) is 25.6 Å².